The maximum Gasteiger partial charge on any atom is 0.310 e. The topological polar surface area (TPSA) is 43.4 Å². The highest BCUT2D eigenvalue weighted by molar-refractivity contribution is 5.75. The molecule has 0 aliphatic rings. The number of ether oxygens (including phenoxy) is 1. The van der Waals surface area contributed by atoms with Gasteiger partial charge in [0, 0.05) is 5.57 Å². The van der Waals surface area contributed by atoms with Crippen molar-refractivity contribution in [3.63, 3.8) is 0 Å². The minimum atomic E-state index is -0.343. The number of hydrogen-bond donors (Lipinski definition) is 0. The van der Waals surface area contributed by atoms with Crippen LogP contribution >= 0.6 is 0 Å². The lowest BCUT2D eigenvalue weighted by Gasteiger charge is -2.01. The Morgan fingerprint density at radius 3 is 2.50 bits per heavy atom. The number of rotatable bonds is 5. The van der Waals surface area contributed by atoms with E-state index in [4.69, 9.17) is 0 Å². The molecule has 12 heavy (non-hydrogen) atoms. The molecule has 3 heteroatoms. The maximum absolute atomic E-state index is 10.9. The van der Waals surface area contributed by atoms with Gasteiger partial charge in [0.15, 0.2) is 0 Å². The Hall–Kier alpha value is -1.08. The maximum atomic E-state index is 10.9. The molecule has 0 bridgehead atoms. The summed E-state index contributed by atoms with van der Waals surface area (Å²) in [5, 5.41) is 0. The molecule has 0 aromatic rings. The Kier molecular flexibility index (Phi) is 6.02. The zero-order valence-electron chi connectivity index (χ0n) is 7.55. The van der Waals surface area contributed by atoms with Crippen molar-refractivity contribution in [1.82, 2.24) is 0 Å². The summed E-state index contributed by atoms with van der Waals surface area (Å²) >= 11 is 0. The van der Waals surface area contributed by atoms with Crippen molar-refractivity contribution in [3.05, 3.63) is 5.57 Å². The Labute approximate surface area is 72.4 Å². The van der Waals surface area contributed by atoms with Gasteiger partial charge >= 0.3 is 5.97 Å². The predicted molar refractivity (Wildman–Crippen MR) is 45.4 cm³/mol. The molecule has 68 valence electrons. The molecule has 0 aromatic heterocycles. The average molecular weight is 170 g/mol. The standard InChI is InChI=1S/C9H14O3/c1-3-5-8(7-10)6-9(11)12-4-2/h3-6H2,1-2H3. The summed E-state index contributed by atoms with van der Waals surface area (Å²) in [4.78, 5) is 21.1. The molecule has 0 N–H and O–H groups in total. The van der Waals surface area contributed by atoms with Gasteiger partial charge in [-0.2, -0.15) is 0 Å². The molecule has 0 radical (unpaired) electrons. The van der Waals surface area contributed by atoms with Gasteiger partial charge in [0.05, 0.1) is 13.0 Å². The summed E-state index contributed by atoms with van der Waals surface area (Å²) in [5.41, 5.74) is 0.496. The van der Waals surface area contributed by atoms with Gasteiger partial charge in [-0.1, -0.05) is 13.3 Å². The van der Waals surface area contributed by atoms with Crippen molar-refractivity contribution in [3.8, 4) is 0 Å². The summed E-state index contributed by atoms with van der Waals surface area (Å²) in [7, 11) is 0. The lowest BCUT2D eigenvalue weighted by atomic mass is 10.1. The third kappa shape index (κ3) is 4.69. The lowest BCUT2D eigenvalue weighted by molar-refractivity contribution is -0.142. The predicted octanol–water partition coefficient (Wildman–Crippen LogP) is 1.50. The Morgan fingerprint density at radius 2 is 2.08 bits per heavy atom. The van der Waals surface area contributed by atoms with Crippen molar-refractivity contribution >= 4 is 11.9 Å². The first-order chi connectivity index (χ1) is 5.74. The molecule has 0 saturated heterocycles. The van der Waals surface area contributed by atoms with Crippen LogP contribution in [0.3, 0.4) is 0 Å². The van der Waals surface area contributed by atoms with Crippen LogP contribution in [0.5, 0.6) is 0 Å². The normalized spacial score (nSPS) is 8.83. The molecule has 0 atom stereocenters. The average Bonchev–Trinajstić information content (AvgIpc) is 2.04. The lowest BCUT2D eigenvalue weighted by Crippen LogP contribution is -2.05. The fourth-order valence-electron chi connectivity index (χ4n) is 0.864. The molecule has 0 aliphatic heterocycles. The highest BCUT2D eigenvalue weighted by atomic mass is 16.5. The van der Waals surface area contributed by atoms with Gasteiger partial charge in [0.2, 0.25) is 0 Å². The Bertz CT molecular complexity index is 190. The molecule has 0 aliphatic carbocycles. The van der Waals surface area contributed by atoms with Crippen molar-refractivity contribution < 1.29 is 14.3 Å². The zero-order chi connectivity index (χ0) is 9.40. The minimum absolute atomic E-state index is 0.0885. The third-order valence-electron chi connectivity index (χ3n) is 1.36. The number of carbonyl (C=O) groups excluding carboxylic acids is 2. The molecule has 0 fully saturated rings. The van der Waals surface area contributed by atoms with Crippen LogP contribution in [0, 0.1) is 0 Å². The summed E-state index contributed by atoms with van der Waals surface area (Å²) in [5.74, 6) is 1.41. The van der Waals surface area contributed by atoms with E-state index in [1.54, 1.807) is 12.9 Å². The van der Waals surface area contributed by atoms with Crippen LogP contribution in [-0.4, -0.2) is 18.5 Å². The van der Waals surface area contributed by atoms with Crippen LogP contribution < -0.4 is 0 Å². The Balaban J connectivity index is 3.87. The fraction of sp³-hybridized carbons (Fsp3) is 0.667. The van der Waals surface area contributed by atoms with Crippen LogP contribution in [0.4, 0.5) is 0 Å². The molecule has 0 unspecified atom stereocenters. The third-order valence-corrected chi connectivity index (χ3v) is 1.36. The second-order valence-corrected chi connectivity index (χ2v) is 2.44. The van der Waals surface area contributed by atoms with E-state index in [1.165, 1.54) is 0 Å². The quantitative estimate of drug-likeness (QED) is 0.464. The highest BCUT2D eigenvalue weighted by Crippen LogP contribution is 2.06. The van der Waals surface area contributed by atoms with Crippen molar-refractivity contribution in [2.24, 2.45) is 0 Å². The first kappa shape index (κ1) is 10.9. The summed E-state index contributed by atoms with van der Waals surface area (Å²) in [6.07, 6.45) is 1.57. The molecule has 0 amide bonds. The molecule has 3 nitrogen and oxygen atoms in total. The van der Waals surface area contributed by atoms with Gasteiger partial charge in [-0.05, 0) is 13.3 Å². The summed E-state index contributed by atoms with van der Waals surface area (Å²) in [6, 6.07) is 0. The van der Waals surface area contributed by atoms with Crippen LogP contribution in [0.1, 0.15) is 33.1 Å². The molecule has 0 spiro atoms. The van der Waals surface area contributed by atoms with E-state index in [1.807, 2.05) is 6.92 Å². The number of hydrogen-bond acceptors (Lipinski definition) is 3. The van der Waals surface area contributed by atoms with E-state index in [9.17, 15) is 9.59 Å². The van der Waals surface area contributed by atoms with Gasteiger partial charge in [0.1, 0.15) is 5.94 Å². The molecular weight excluding hydrogens is 156 g/mol. The van der Waals surface area contributed by atoms with E-state index < -0.39 is 0 Å². The van der Waals surface area contributed by atoms with Gasteiger partial charge in [-0.3, -0.25) is 4.79 Å². The van der Waals surface area contributed by atoms with E-state index >= 15 is 0 Å². The van der Waals surface area contributed by atoms with Gasteiger partial charge in [0.25, 0.3) is 0 Å². The largest absolute Gasteiger partial charge is 0.466 e. The minimum Gasteiger partial charge on any atom is -0.466 e. The fourth-order valence-corrected chi connectivity index (χ4v) is 0.864. The number of carbonyl (C=O) groups is 1. The molecule has 0 aromatic carbocycles. The first-order valence-corrected chi connectivity index (χ1v) is 4.13. The Morgan fingerprint density at radius 1 is 1.42 bits per heavy atom. The second-order valence-electron chi connectivity index (χ2n) is 2.44. The zero-order valence-corrected chi connectivity index (χ0v) is 7.55. The SMILES string of the molecule is CCCC(=C=O)CC(=O)OCC. The van der Waals surface area contributed by atoms with Gasteiger partial charge < -0.3 is 4.74 Å². The summed E-state index contributed by atoms with van der Waals surface area (Å²) < 4.78 is 4.68. The van der Waals surface area contributed by atoms with Crippen molar-refractivity contribution in [2.45, 2.75) is 33.1 Å². The van der Waals surface area contributed by atoms with Crippen LogP contribution in [0.2, 0.25) is 0 Å². The van der Waals surface area contributed by atoms with E-state index in [0.717, 1.165) is 6.42 Å². The van der Waals surface area contributed by atoms with Gasteiger partial charge in [-0.15, -0.1) is 0 Å². The molecular formula is C9H14O3. The highest BCUT2D eigenvalue weighted by Gasteiger charge is 2.06. The molecule has 0 rings (SSSR count). The van der Waals surface area contributed by atoms with Crippen LogP contribution in [-0.2, 0) is 14.3 Å². The van der Waals surface area contributed by atoms with Crippen molar-refractivity contribution in [1.29, 1.82) is 0 Å². The van der Waals surface area contributed by atoms with Crippen LogP contribution in [0.25, 0.3) is 0 Å². The van der Waals surface area contributed by atoms with E-state index in [2.05, 4.69) is 4.74 Å². The first-order valence-electron chi connectivity index (χ1n) is 4.13. The smallest absolute Gasteiger partial charge is 0.310 e. The number of esters is 1. The molecule has 0 saturated carbocycles. The second kappa shape index (κ2) is 6.62. The van der Waals surface area contributed by atoms with Gasteiger partial charge in [-0.25, -0.2) is 4.79 Å². The monoisotopic (exact) mass is 170 g/mol. The molecule has 0 heterocycles. The summed E-state index contributed by atoms with van der Waals surface area (Å²) in [6.45, 7) is 4.04. The van der Waals surface area contributed by atoms with E-state index in [-0.39, 0.29) is 12.4 Å². The van der Waals surface area contributed by atoms with Crippen LogP contribution in [0.15, 0.2) is 5.57 Å². The van der Waals surface area contributed by atoms with E-state index in [0.29, 0.717) is 18.6 Å². The van der Waals surface area contributed by atoms with Crippen molar-refractivity contribution in [2.75, 3.05) is 6.61 Å².